The second-order valence-corrected chi connectivity index (χ2v) is 6.50. The molecule has 2 N–H and O–H groups in total. The highest BCUT2D eigenvalue weighted by Gasteiger charge is 2.11. The fourth-order valence-electron chi connectivity index (χ4n) is 3.21. The highest BCUT2D eigenvalue weighted by molar-refractivity contribution is 6.06. The molecule has 3 aromatic heterocycles. The van der Waals surface area contributed by atoms with Crippen molar-refractivity contribution >= 4 is 22.9 Å². The van der Waals surface area contributed by atoms with E-state index in [9.17, 15) is 4.79 Å². The molecule has 5 aromatic rings. The van der Waals surface area contributed by atoms with Crippen molar-refractivity contribution < 1.29 is 4.79 Å². The molecule has 0 saturated heterocycles. The molecular formula is C22H16N6O. The maximum atomic E-state index is 12.6. The molecule has 0 unspecified atom stereocenters. The third-order valence-corrected chi connectivity index (χ3v) is 4.68. The van der Waals surface area contributed by atoms with Gasteiger partial charge in [-0.3, -0.25) is 4.79 Å². The van der Waals surface area contributed by atoms with Crippen LogP contribution in [0, 0.1) is 0 Å². The van der Waals surface area contributed by atoms with Crippen molar-refractivity contribution in [1.82, 2.24) is 24.5 Å². The minimum atomic E-state index is -0.243. The zero-order valence-corrected chi connectivity index (χ0v) is 15.3. The Hall–Kier alpha value is -4.26. The van der Waals surface area contributed by atoms with E-state index in [2.05, 4.69) is 48.0 Å². The summed E-state index contributed by atoms with van der Waals surface area (Å²) in [6.45, 7) is 0. The van der Waals surface area contributed by atoms with Gasteiger partial charge in [-0.05, 0) is 47.5 Å². The fraction of sp³-hybridized carbons (Fsp3) is 0. The molecule has 0 aliphatic heterocycles. The number of imidazole rings is 1. The van der Waals surface area contributed by atoms with Gasteiger partial charge >= 0.3 is 0 Å². The predicted octanol–water partition coefficient (Wildman–Crippen LogP) is 4.06. The number of aromatic nitrogens is 5. The molecule has 5 rings (SSSR count). The molecule has 7 nitrogen and oxygen atoms in total. The number of benzene rings is 2. The van der Waals surface area contributed by atoms with E-state index in [1.165, 1.54) is 12.7 Å². The third-order valence-electron chi connectivity index (χ3n) is 4.68. The SMILES string of the molecule is O=C(Nc1ncnc2nc[nH]c12)c1ccc(-c2cccc(-n3cccc3)c2)cc1. The van der Waals surface area contributed by atoms with E-state index in [1.807, 2.05) is 42.7 Å². The molecule has 0 bridgehead atoms. The number of carbonyl (C=O) groups excluding carboxylic acids is 1. The number of H-pyrrole nitrogens is 1. The zero-order chi connectivity index (χ0) is 19.6. The Morgan fingerprint density at radius 3 is 2.55 bits per heavy atom. The normalized spacial score (nSPS) is 10.9. The standard InChI is InChI=1S/C22H16N6O/c29-22(27-21-19-20(24-13-23-19)25-14-26-21)16-8-6-15(7-9-16)17-4-3-5-18(12-17)28-10-1-2-11-28/h1-14H,(H2,23,24,25,26,27,29). The molecule has 0 spiro atoms. The summed E-state index contributed by atoms with van der Waals surface area (Å²) in [5.74, 6) is 0.160. The number of amides is 1. The van der Waals surface area contributed by atoms with Crippen molar-refractivity contribution in [1.29, 1.82) is 0 Å². The van der Waals surface area contributed by atoms with E-state index < -0.39 is 0 Å². The number of hydrogen-bond donors (Lipinski definition) is 2. The third kappa shape index (κ3) is 3.25. The van der Waals surface area contributed by atoms with Gasteiger partial charge < -0.3 is 14.9 Å². The number of fused-ring (bicyclic) bond motifs is 1. The lowest BCUT2D eigenvalue weighted by Crippen LogP contribution is -2.13. The average molecular weight is 380 g/mol. The van der Waals surface area contributed by atoms with Gasteiger partial charge in [0.1, 0.15) is 11.8 Å². The van der Waals surface area contributed by atoms with E-state index in [1.54, 1.807) is 12.1 Å². The van der Waals surface area contributed by atoms with Crippen LogP contribution in [0.3, 0.4) is 0 Å². The van der Waals surface area contributed by atoms with Crippen molar-refractivity contribution in [2.75, 3.05) is 5.32 Å². The first kappa shape index (κ1) is 16.9. The Balaban J connectivity index is 1.38. The maximum absolute atomic E-state index is 12.6. The van der Waals surface area contributed by atoms with Gasteiger partial charge in [0.15, 0.2) is 11.5 Å². The Morgan fingerprint density at radius 1 is 0.897 bits per heavy atom. The fourth-order valence-corrected chi connectivity index (χ4v) is 3.21. The lowest BCUT2D eigenvalue weighted by molar-refractivity contribution is 0.102. The van der Waals surface area contributed by atoms with Crippen LogP contribution in [-0.4, -0.2) is 30.4 Å². The summed E-state index contributed by atoms with van der Waals surface area (Å²) in [6.07, 6.45) is 6.91. The quantitative estimate of drug-likeness (QED) is 0.492. The van der Waals surface area contributed by atoms with Crippen LogP contribution in [0.1, 0.15) is 10.4 Å². The van der Waals surface area contributed by atoms with Gasteiger partial charge in [-0.15, -0.1) is 0 Å². The molecule has 2 aromatic carbocycles. The van der Waals surface area contributed by atoms with Crippen molar-refractivity contribution in [3.8, 4) is 16.8 Å². The number of anilines is 1. The summed E-state index contributed by atoms with van der Waals surface area (Å²) in [5, 5.41) is 2.81. The van der Waals surface area contributed by atoms with Crippen molar-refractivity contribution in [3.05, 3.63) is 91.3 Å². The first-order valence-electron chi connectivity index (χ1n) is 9.07. The van der Waals surface area contributed by atoms with Gasteiger partial charge in [-0.25, -0.2) is 15.0 Å². The molecule has 140 valence electrons. The number of hydrogen-bond acceptors (Lipinski definition) is 4. The van der Waals surface area contributed by atoms with E-state index >= 15 is 0 Å². The molecule has 1 amide bonds. The molecule has 0 aliphatic rings. The highest BCUT2D eigenvalue weighted by Crippen LogP contribution is 2.23. The number of rotatable bonds is 4. The molecule has 0 aliphatic carbocycles. The number of aromatic amines is 1. The highest BCUT2D eigenvalue weighted by atomic mass is 16.1. The van der Waals surface area contributed by atoms with Gasteiger partial charge in [0.2, 0.25) is 0 Å². The minimum absolute atomic E-state index is 0.243. The first-order valence-corrected chi connectivity index (χ1v) is 9.07. The van der Waals surface area contributed by atoms with Crippen molar-refractivity contribution in [3.63, 3.8) is 0 Å². The maximum Gasteiger partial charge on any atom is 0.256 e. The van der Waals surface area contributed by atoms with Crippen molar-refractivity contribution in [2.24, 2.45) is 0 Å². The van der Waals surface area contributed by atoms with E-state index in [0.717, 1.165) is 16.8 Å². The van der Waals surface area contributed by atoms with Crippen LogP contribution in [0.2, 0.25) is 0 Å². The van der Waals surface area contributed by atoms with Crippen LogP contribution in [0.4, 0.5) is 5.82 Å². The Morgan fingerprint density at radius 2 is 1.72 bits per heavy atom. The zero-order valence-electron chi connectivity index (χ0n) is 15.3. The Labute approximate surface area is 166 Å². The molecule has 0 fully saturated rings. The van der Waals surface area contributed by atoms with Crippen LogP contribution in [0.25, 0.3) is 28.0 Å². The van der Waals surface area contributed by atoms with Crippen LogP contribution in [0.5, 0.6) is 0 Å². The number of nitrogens with zero attached hydrogens (tertiary/aromatic N) is 4. The summed E-state index contributed by atoms with van der Waals surface area (Å²) in [7, 11) is 0. The van der Waals surface area contributed by atoms with E-state index in [4.69, 9.17) is 0 Å². The predicted molar refractivity (Wildman–Crippen MR) is 111 cm³/mol. The van der Waals surface area contributed by atoms with Crippen LogP contribution in [-0.2, 0) is 0 Å². The lowest BCUT2D eigenvalue weighted by Gasteiger charge is -2.08. The minimum Gasteiger partial charge on any atom is -0.340 e. The molecule has 7 heteroatoms. The summed E-state index contributed by atoms with van der Waals surface area (Å²) in [6, 6.07) is 19.7. The van der Waals surface area contributed by atoms with Crippen LogP contribution >= 0.6 is 0 Å². The molecule has 0 radical (unpaired) electrons. The van der Waals surface area contributed by atoms with Crippen LogP contribution < -0.4 is 5.32 Å². The summed E-state index contributed by atoms with van der Waals surface area (Å²) < 4.78 is 2.06. The summed E-state index contributed by atoms with van der Waals surface area (Å²) in [5.41, 5.74) is 4.85. The van der Waals surface area contributed by atoms with Gasteiger partial charge in [0, 0.05) is 23.6 Å². The summed E-state index contributed by atoms with van der Waals surface area (Å²) >= 11 is 0. The Bertz CT molecular complexity index is 1290. The van der Waals surface area contributed by atoms with Crippen molar-refractivity contribution in [2.45, 2.75) is 0 Å². The van der Waals surface area contributed by atoms with Gasteiger partial charge in [0.25, 0.3) is 5.91 Å². The van der Waals surface area contributed by atoms with Gasteiger partial charge in [-0.2, -0.15) is 0 Å². The van der Waals surface area contributed by atoms with E-state index in [-0.39, 0.29) is 5.91 Å². The molecular weight excluding hydrogens is 364 g/mol. The number of carbonyl (C=O) groups is 1. The second kappa shape index (κ2) is 7.05. The largest absolute Gasteiger partial charge is 0.340 e. The molecule has 29 heavy (non-hydrogen) atoms. The van der Waals surface area contributed by atoms with E-state index in [0.29, 0.717) is 22.5 Å². The smallest absolute Gasteiger partial charge is 0.256 e. The molecule has 3 heterocycles. The van der Waals surface area contributed by atoms with Gasteiger partial charge in [-0.1, -0.05) is 24.3 Å². The average Bonchev–Trinajstić information content (AvgIpc) is 3.46. The first-order chi connectivity index (χ1) is 14.3. The summed E-state index contributed by atoms with van der Waals surface area (Å²) in [4.78, 5) is 27.8. The lowest BCUT2D eigenvalue weighted by atomic mass is 10.0. The number of nitrogens with one attached hydrogen (secondary N) is 2. The second-order valence-electron chi connectivity index (χ2n) is 6.50. The monoisotopic (exact) mass is 380 g/mol. The van der Waals surface area contributed by atoms with Crippen LogP contribution in [0.15, 0.2) is 85.7 Å². The molecule has 0 atom stereocenters. The Kier molecular flexibility index (Phi) is 4.10. The van der Waals surface area contributed by atoms with Gasteiger partial charge in [0.05, 0.1) is 6.33 Å². The topological polar surface area (TPSA) is 88.5 Å². The molecule has 0 saturated carbocycles.